The first kappa shape index (κ1) is 22.9. The Morgan fingerprint density at radius 1 is 1.17 bits per heavy atom. The molecule has 0 spiro atoms. The van der Waals surface area contributed by atoms with E-state index in [0.29, 0.717) is 12.5 Å². The van der Waals surface area contributed by atoms with Crippen LogP contribution < -0.4 is 21.8 Å². The van der Waals surface area contributed by atoms with Crippen LogP contribution in [0, 0.1) is 18.8 Å². The van der Waals surface area contributed by atoms with Crippen LogP contribution in [0.5, 0.6) is 0 Å². The molecule has 35 heavy (non-hydrogen) atoms. The molecule has 4 aromatic rings. The maximum Gasteiger partial charge on any atom is 0.293 e. The molecule has 1 atom stereocenters. The van der Waals surface area contributed by atoms with Gasteiger partial charge < -0.3 is 10.6 Å². The predicted molar refractivity (Wildman–Crippen MR) is 138 cm³/mol. The SMILES string of the molecule is CC#CCn1c(N2CCC[C@@H](N)C2)nc2c(=O)n(C)n(Cc3nc(C)cc4ccccc34)c(=O)c21. The topological polar surface area (TPSA) is 104 Å². The van der Waals surface area contributed by atoms with Crippen molar-refractivity contribution in [3.63, 3.8) is 0 Å². The van der Waals surface area contributed by atoms with Crippen LogP contribution in [0.3, 0.4) is 0 Å². The predicted octanol–water partition coefficient (Wildman–Crippen LogP) is 1.75. The minimum Gasteiger partial charge on any atom is -0.341 e. The molecule has 0 aliphatic carbocycles. The normalized spacial score (nSPS) is 16.0. The number of hydrogen-bond acceptors (Lipinski definition) is 6. The summed E-state index contributed by atoms with van der Waals surface area (Å²) in [5.74, 6) is 6.51. The molecule has 9 heteroatoms. The highest BCUT2D eigenvalue weighted by Gasteiger charge is 2.26. The zero-order valence-corrected chi connectivity index (χ0v) is 20.3. The number of nitrogens with zero attached hydrogens (tertiary/aromatic N) is 6. The lowest BCUT2D eigenvalue weighted by Crippen LogP contribution is -2.44. The van der Waals surface area contributed by atoms with Gasteiger partial charge in [0.05, 0.1) is 18.8 Å². The number of imidazole rings is 1. The van der Waals surface area contributed by atoms with Crippen molar-refractivity contribution >= 4 is 27.8 Å². The molecule has 2 N–H and O–H groups in total. The number of fused-ring (bicyclic) bond motifs is 2. The van der Waals surface area contributed by atoms with Gasteiger partial charge in [-0.05, 0) is 38.1 Å². The molecule has 0 radical (unpaired) electrons. The fourth-order valence-corrected chi connectivity index (χ4v) is 4.93. The van der Waals surface area contributed by atoms with Gasteiger partial charge in [-0.15, -0.1) is 5.92 Å². The smallest absolute Gasteiger partial charge is 0.293 e. The highest BCUT2D eigenvalue weighted by atomic mass is 16.2. The molecule has 3 aromatic heterocycles. The fourth-order valence-electron chi connectivity index (χ4n) is 4.93. The van der Waals surface area contributed by atoms with Crippen LogP contribution in [0.2, 0.25) is 0 Å². The molecule has 1 fully saturated rings. The van der Waals surface area contributed by atoms with Crippen molar-refractivity contribution < 1.29 is 0 Å². The van der Waals surface area contributed by atoms with Crippen molar-refractivity contribution in [1.82, 2.24) is 23.9 Å². The largest absolute Gasteiger partial charge is 0.341 e. The lowest BCUT2D eigenvalue weighted by molar-refractivity contribution is 0.494. The van der Waals surface area contributed by atoms with E-state index < -0.39 is 0 Å². The number of aryl methyl sites for hydroxylation is 1. The molecule has 5 rings (SSSR count). The Balaban J connectivity index is 1.73. The van der Waals surface area contributed by atoms with Crippen LogP contribution in [0.15, 0.2) is 39.9 Å². The average Bonchev–Trinajstić information content (AvgIpc) is 3.23. The fraction of sp³-hybridized carbons (Fsp3) is 0.385. The summed E-state index contributed by atoms with van der Waals surface area (Å²) in [5.41, 5.74) is 7.59. The van der Waals surface area contributed by atoms with Crippen molar-refractivity contribution in [3.8, 4) is 11.8 Å². The second-order valence-electron chi connectivity index (χ2n) is 9.09. The first-order valence-corrected chi connectivity index (χ1v) is 11.8. The number of aromatic nitrogens is 5. The van der Waals surface area contributed by atoms with Gasteiger partial charge in [0.15, 0.2) is 5.52 Å². The Bertz CT molecular complexity index is 1620. The molecule has 0 saturated carbocycles. The first-order valence-electron chi connectivity index (χ1n) is 11.8. The Labute approximate surface area is 202 Å². The Morgan fingerprint density at radius 2 is 1.97 bits per heavy atom. The van der Waals surface area contributed by atoms with Gasteiger partial charge in [-0.2, -0.15) is 0 Å². The Hall–Kier alpha value is -3.90. The van der Waals surface area contributed by atoms with Gasteiger partial charge in [-0.3, -0.25) is 19.1 Å². The standard InChI is InChI=1S/C26H29N7O2/c1-4-5-13-32-23-22(29-26(32)31-12-8-10-19(27)15-31)24(34)30(3)33(25(23)35)16-21-20-11-7-6-9-18(20)14-17(2)28-21/h6-7,9,11,14,19H,8,10,12-13,15-16,27H2,1-3H3/t19-/m1/s1. The van der Waals surface area contributed by atoms with Gasteiger partial charge in [0.1, 0.15) is 5.52 Å². The van der Waals surface area contributed by atoms with Crippen molar-refractivity contribution in [1.29, 1.82) is 0 Å². The Kier molecular flexibility index (Phi) is 5.91. The number of benzene rings is 1. The van der Waals surface area contributed by atoms with E-state index in [1.165, 1.54) is 9.36 Å². The van der Waals surface area contributed by atoms with Crippen LogP contribution in [-0.4, -0.2) is 43.0 Å². The number of pyridine rings is 1. The average molecular weight is 472 g/mol. The lowest BCUT2D eigenvalue weighted by atomic mass is 10.1. The molecule has 1 saturated heterocycles. The lowest BCUT2D eigenvalue weighted by Gasteiger charge is -2.31. The molecule has 9 nitrogen and oxygen atoms in total. The summed E-state index contributed by atoms with van der Waals surface area (Å²) in [4.78, 5) is 38.8. The number of piperidine rings is 1. The number of anilines is 1. The second-order valence-corrected chi connectivity index (χ2v) is 9.09. The summed E-state index contributed by atoms with van der Waals surface area (Å²) >= 11 is 0. The van der Waals surface area contributed by atoms with E-state index in [9.17, 15) is 9.59 Å². The third kappa shape index (κ3) is 4.00. The molecule has 1 aliphatic heterocycles. The maximum atomic E-state index is 13.9. The van der Waals surface area contributed by atoms with Gasteiger partial charge in [0, 0.05) is 37.3 Å². The third-order valence-corrected chi connectivity index (χ3v) is 6.64. The van der Waals surface area contributed by atoms with Gasteiger partial charge in [-0.25, -0.2) is 14.3 Å². The van der Waals surface area contributed by atoms with E-state index in [4.69, 9.17) is 10.7 Å². The quantitative estimate of drug-likeness (QED) is 0.455. The third-order valence-electron chi connectivity index (χ3n) is 6.64. The van der Waals surface area contributed by atoms with Crippen LogP contribution >= 0.6 is 0 Å². The highest BCUT2D eigenvalue weighted by molar-refractivity contribution is 5.85. The van der Waals surface area contributed by atoms with E-state index in [1.54, 1.807) is 18.5 Å². The van der Waals surface area contributed by atoms with Crippen molar-refractivity contribution in [2.24, 2.45) is 12.8 Å². The summed E-state index contributed by atoms with van der Waals surface area (Å²) in [5, 5.41) is 1.99. The number of nitrogens with two attached hydrogens (primary N) is 1. The van der Waals surface area contributed by atoms with Gasteiger partial charge >= 0.3 is 0 Å². The van der Waals surface area contributed by atoms with Crippen molar-refractivity contribution in [2.75, 3.05) is 18.0 Å². The zero-order valence-electron chi connectivity index (χ0n) is 20.3. The molecule has 4 heterocycles. The highest BCUT2D eigenvalue weighted by Crippen LogP contribution is 2.23. The zero-order chi connectivity index (χ0) is 24.7. The van der Waals surface area contributed by atoms with Crippen LogP contribution in [-0.2, 0) is 20.1 Å². The summed E-state index contributed by atoms with van der Waals surface area (Å²) < 4.78 is 4.56. The summed E-state index contributed by atoms with van der Waals surface area (Å²) in [6.07, 6.45) is 1.87. The summed E-state index contributed by atoms with van der Waals surface area (Å²) in [6.45, 7) is 5.50. The molecular weight excluding hydrogens is 442 g/mol. The van der Waals surface area contributed by atoms with Crippen LogP contribution in [0.4, 0.5) is 5.95 Å². The number of rotatable bonds is 4. The van der Waals surface area contributed by atoms with Gasteiger partial charge in [0.25, 0.3) is 11.1 Å². The Morgan fingerprint density at radius 3 is 2.74 bits per heavy atom. The van der Waals surface area contributed by atoms with Gasteiger partial charge in [0.2, 0.25) is 5.95 Å². The van der Waals surface area contributed by atoms with Crippen LogP contribution in [0.1, 0.15) is 31.2 Å². The monoisotopic (exact) mass is 471 g/mol. The van der Waals surface area contributed by atoms with Crippen LogP contribution in [0.25, 0.3) is 21.8 Å². The molecule has 0 bridgehead atoms. The number of hydrogen-bond donors (Lipinski definition) is 1. The minimum atomic E-state index is -0.331. The minimum absolute atomic E-state index is 0.0226. The molecule has 180 valence electrons. The molecule has 0 unspecified atom stereocenters. The van der Waals surface area contributed by atoms with E-state index in [-0.39, 0.29) is 41.3 Å². The van der Waals surface area contributed by atoms with E-state index in [1.807, 2.05) is 37.3 Å². The van der Waals surface area contributed by atoms with E-state index in [0.717, 1.165) is 41.5 Å². The maximum absolute atomic E-state index is 13.9. The summed E-state index contributed by atoms with van der Waals surface area (Å²) in [7, 11) is 1.60. The van der Waals surface area contributed by atoms with E-state index >= 15 is 0 Å². The molecule has 1 aromatic carbocycles. The van der Waals surface area contributed by atoms with Crippen molar-refractivity contribution in [2.45, 2.75) is 45.8 Å². The first-order chi connectivity index (χ1) is 16.9. The van der Waals surface area contributed by atoms with Gasteiger partial charge in [-0.1, -0.05) is 30.2 Å². The molecule has 0 amide bonds. The molecular formula is C26H29N7O2. The summed E-state index contributed by atoms with van der Waals surface area (Å²) in [6, 6.07) is 9.96. The van der Waals surface area contributed by atoms with E-state index in [2.05, 4.69) is 21.7 Å². The second kappa shape index (κ2) is 9.04. The van der Waals surface area contributed by atoms with Crippen molar-refractivity contribution in [3.05, 3.63) is 62.4 Å². The molecule has 1 aliphatic rings.